The standard InChI is InChI=1S/C30H33F3N6O2/c1-19-18-37(25(17-34-3)21-8-6-5-7-9-21)14-15-38(19)29(40)24-16-35-39-27(30(31,32)33)20(2)26(36-28(24)39)22-10-12-23(41-4)13-11-22/h5-13,16,19,25,34H,14-15,17-18H2,1-4H3/t19-,25-/m1/s1. The van der Waals surface area contributed by atoms with Gasteiger partial charge in [-0.15, -0.1) is 0 Å². The lowest BCUT2D eigenvalue weighted by molar-refractivity contribution is -0.143. The zero-order chi connectivity index (χ0) is 29.3. The van der Waals surface area contributed by atoms with Crippen LogP contribution in [0.3, 0.4) is 0 Å². The van der Waals surface area contributed by atoms with Crippen LogP contribution in [0.15, 0.2) is 60.8 Å². The molecule has 4 aromatic rings. The largest absolute Gasteiger partial charge is 0.497 e. The summed E-state index contributed by atoms with van der Waals surface area (Å²) in [6, 6.07) is 16.8. The van der Waals surface area contributed by atoms with Gasteiger partial charge in [0.25, 0.3) is 5.91 Å². The fourth-order valence-electron chi connectivity index (χ4n) is 5.64. The maximum absolute atomic E-state index is 14.3. The summed E-state index contributed by atoms with van der Waals surface area (Å²) in [5.41, 5.74) is 0.693. The lowest BCUT2D eigenvalue weighted by atomic mass is 10.0. The SMILES string of the molecule is CNC[C@H](c1ccccc1)N1CCN(C(=O)c2cnn3c(C(F)(F)F)c(C)c(-c4ccc(OC)cc4)nc23)[C@H](C)C1. The smallest absolute Gasteiger partial charge is 0.433 e. The van der Waals surface area contributed by atoms with Crippen LogP contribution in [-0.2, 0) is 6.18 Å². The van der Waals surface area contributed by atoms with E-state index in [1.165, 1.54) is 25.8 Å². The molecular weight excluding hydrogens is 533 g/mol. The maximum Gasteiger partial charge on any atom is 0.433 e. The van der Waals surface area contributed by atoms with Crippen LogP contribution >= 0.6 is 0 Å². The Morgan fingerprint density at radius 1 is 1.12 bits per heavy atom. The number of alkyl halides is 3. The van der Waals surface area contributed by atoms with E-state index in [2.05, 4.69) is 32.4 Å². The van der Waals surface area contributed by atoms with Crippen LogP contribution in [0.4, 0.5) is 13.2 Å². The summed E-state index contributed by atoms with van der Waals surface area (Å²) in [5.74, 6) is 0.184. The molecule has 3 heterocycles. The number of nitrogens with zero attached hydrogens (tertiary/aromatic N) is 5. The normalized spacial score (nSPS) is 17.1. The molecule has 1 saturated heterocycles. The number of benzene rings is 2. The predicted molar refractivity (Wildman–Crippen MR) is 150 cm³/mol. The summed E-state index contributed by atoms with van der Waals surface area (Å²) in [7, 11) is 3.42. The fraction of sp³-hybridized carbons (Fsp3) is 0.367. The van der Waals surface area contributed by atoms with E-state index < -0.39 is 11.9 Å². The van der Waals surface area contributed by atoms with E-state index >= 15 is 0 Å². The highest BCUT2D eigenvalue weighted by Gasteiger charge is 2.39. The van der Waals surface area contributed by atoms with Crippen LogP contribution < -0.4 is 10.1 Å². The van der Waals surface area contributed by atoms with Gasteiger partial charge in [-0.25, -0.2) is 9.50 Å². The first-order valence-corrected chi connectivity index (χ1v) is 13.5. The maximum atomic E-state index is 14.3. The number of likely N-dealkylation sites (N-methyl/N-ethyl adjacent to an activating group) is 1. The van der Waals surface area contributed by atoms with Crippen LogP contribution in [0.2, 0.25) is 0 Å². The lowest BCUT2D eigenvalue weighted by Gasteiger charge is -2.43. The number of hydrogen-bond acceptors (Lipinski definition) is 6. The summed E-state index contributed by atoms with van der Waals surface area (Å²) in [5, 5.41) is 7.27. The Balaban J connectivity index is 1.49. The van der Waals surface area contributed by atoms with Gasteiger partial charge in [0.2, 0.25) is 0 Å². The zero-order valence-electron chi connectivity index (χ0n) is 23.4. The minimum atomic E-state index is -4.71. The molecule has 0 spiro atoms. The third kappa shape index (κ3) is 5.51. The summed E-state index contributed by atoms with van der Waals surface area (Å²) >= 11 is 0. The monoisotopic (exact) mass is 566 g/mol. The Hall–Kier alpha value is -3.96. The number of piperazine rings is 1. The highest BCUT2D eigenvalue weighted by atomic mass is 19.4. The number of amides is 1. The van der Waals surface area contributed by atoms with Gasteiger partial charge in [0.05, 0.1) is 19.0 Å². The number of ether oxygens (including phenoxy) is 1. The number of hydrogen-bond donors (Lipinski definition) is 1. The van der Waals surface area contributed by atoms with E-state index in [4.69, 9.17) is 4.74 Å². The average Bonchev–Trinajstić information content (AvgIpc) is 3.38. The Labute approximate surface area is 236 Å². The van der Waals surface area contributed by atoms with E-state index in [1.807, 2.05) is 32.2 Å². The predicted octanol–water partition coefficient (Wildman–Crippen LogP) is 4.84. The zero-order valence-corrected chi connectivity index (χ0v) is 23.4. The molecule has 1 amide bonds. The van der Waals surface area contributed by atoms with Crippen LogP contribution in [-0.4, -0.2) is 76.7 Å². The quantitative estimate of drug-likeness (QED) is 0.345. The summed E-state index contributed by atoms with van der Waals surface area (Å²) in [4.78, 5) is 22.5. The van der Waals surface area contributed by atoms with Crippen LogP contribution in [0.5, 0.6) is 5.75 Å². The molecule has 8 nitrogen and oxygen atoms in total. The van der Waals surface area contributed by atoms with Crippen LogP contribution in [0, 0.1) is 6.92 Å². The first-order valence-electron chi connectivity index (χ1n) is 13.5. The summed E-state index contributed by atoms with van der Waals surface area (Å²) in [6.07, 6.45) is -3.51. The molecule has 1 aliphatic heterocycles. The van der Waals surface area contributed by atoms with Crippen LogP contribution in [0.1, 0.15) is 40.1 Å². The van der Waals surface area contributed by atoms with Gasteiger partial charge in [-0.3, -0.25) is 9.69 Å². The molecule has 216 valence electrons. The molecule has 41 heavy (non-hydrogen) atoms. The van der Waals surface area contributed by atoms with Gasteiger partial charge in [0.1, 0.15) is 11.3 Å². The molecule has 1 aliphatic rings. The van der Waals surface area contributed by atoms with Crippen molar-refractivity contribution in [1.29, 1.82) is 0 Å². The summed E-state index contributed by atoms with van der Waals surface area (Å²) in [6.45, 7) is 5.73. The number of methoxy groups -OCH3 is 1. The minimum Gasteiger partial charge on any atom is -0.497 e. The van der Waals surface area contributed by atoms with Crippen molar-refractivity contribution in [2.75, 3.05) is 40.3 Å². The molecule has 2 aromatic heterocycles. The van der Waals surface area contributed by atoms with E-state index in [1.54, 1.807) is 29.2 Å². The number of carbonyl (C=O) groups excluding carboxylic acids is 1. The van der Waals surface area contributed by atoms with Gasteiger partial charge in [0, 0.05) is 49.4 Å². The van der Waals surface area contributed by atoms with E-state index in [-0.39, 0.29) is 40.5 Å². The number of rotatable bonds is 7. The second kappa shape index (κ2) is 11.5. The van der Waals surface area contributed by atoms with E-state index in [0.717, 1.165) is 11.1 Å². The third-order valence-electron chi connectivity index (χ3n) is 7.69. The van der Waals surface area contributed by atoms with Gasteiger partial charge in [-0.05, 0) is 50.7 Å². The first-order chi connectivity index (χ1) is 19.6. The van der Waals surface area contributed by atoms with Crippen molar-refractivity contribution in [3.05, 3.63) is 83.2 Å². The molecule has 11 heteroatoms. The van der Waals surface area contributed by atoms with E-state index in [0.29, 0.717) is 30.9 Å². The minimum absolute atomic E-state index is 0.0420. The molecule has 2 aromatic carbocycles. The Morgan fingerprint density at radius 3 is 2.44 bits per heavy atom. The van der Waals surface area contributed by atoms with Crippen molar-refractivity contribution >= 4 is 11.6 Å². The van der Waals surface area contributed by atoms with Gasteiger partial charge >= 0.3 is 6.18 Å². The number of nitrogens with one attached hydrogen (secondary N) is 1. The number of halogens is 3. The molecule has 0 saturated carbocycles. The molecule has 1 fully saturated rings. The van der Waals surface area contributed by atoms with Crippen molar-refractivity contribution in [3.8, 4) is 17.0 Å². The van der Waals surface area contributed by atoms with Crippen molar-refractivity contribution < 1.29 is 22.7 Å². The number of fused-ring (bicyclic) bond motifs is 1. The van der Waals surface area contributed by atoms with Crippen molar-refractivity contribution in [1.82, 2.24) is 29.7 Å². The van der Waals surface area contributed by atoms with Crippen molar-refractivity contribution in [2.45, 2.75) is 32.1 Å². The number of aromatic nitrogens is 3. The highest BCUT2D eigenvalue weighted by Crippen LogP contribution is 2.37. The van der Waals surface area contributed by atoms with Gasteiger partial charge in [0.15, 0.2) is 11.3 Å². The van der Waals surface area contributed by atoms with Gasteiger partial charge in [-0.1, -0.05) is 30.3 Å². The second-order valence-corrected chi connectivity index (χ2v) is 10.3. The lowest BCUT2D eigenvalue weighted by Crippen LogP contribution is -2.55. The number of carbonyl (C=O) groups is 1. The van der Waals surface area contributed by atoms with Crippen molar-refractivity contribution in [3.63, 3.8) is 0 Å². The topological polar surface area (TPSA) is 75.0 Å². The second-order valence-electron chi connectivity index (χ2n) is 10.3. The molecule has 0 bridgehead atoms. The molecule has 2 atom stereocenters. The Bertz CT molecular complexity index is 1520. The van der Waals surface area contributed by atoms with Gasteiger partial charge in [-0.2, -0.15) is 18.3 Å². The summed E-state index contributed by atoms with van der Waals surface area (Å²) < 4.78 is 48.9. The molecule has 0 aliphatic carbocycles. The van der Waals surface area contributed by atoms with Crippen molar-refractivity contribution in [2.24, 2.45) is 0 Å². The third-order valence-corrected chi connectivity index (χ3v) is 7.69. The van der Waals surface area contributed by atoms with Crippen LogP contribution in [0.25, 0.3) is 16.9 Å². The molecule has 5 rings (SSSR count). The average molecular weight is 567 g/mol. The Morgan fingerprint density at radius 2 is 1.83 bits per heavy atom. The van der Waals surface area contributed by atoms with Gasteiger partial charge < -0.3 is 15.0 Å². The fourth-order valence-corrected chi connectivity index (χ4v) is 5.64. The molecular formula is C30H33F3N6O2. The van der Waals surface area contributed by atoms with E-state index in [9.17, 15) is 18.0 Å². The Kier molecular flexibility index (Phi) is 8.01. The highest BCUT2D eigenvalue weighted by molar-refractivity contribution is 6.00. The molecule has 0 radical (unpaired) electrons. The first kappa shape index (κ1) is 28.6. The molecule has 0 unspecified atom stereocenters. The molecule has 1 N–H and O–H groups in total.